The first-order valence-corrected chi connectivity index (χ1v) is 13.1. The van der Waals surface area contributed by atoms with E-state index >= 15 is 0 Å². The average Bonchev–Trinajstić information content (AvgIpc) is 3.02. The van der Waals surface area contributed by atoms with Gasteiger partial charge in [-0.15, -0.1) is 0 Å². The van der Waals surface area contributed by atoms with Crippen LogP contribution in [0.1, 0.15) is 43.5 Å². The van der Waals surface area contributed by atoms with Crippen molar-refractivity contribution in [1.82, 2.24) is 9.47 Å². The van der Waals surface area contributed by atoms with E-state index in [0.29, 0.717) is 21.6 Å². The zero-order valence-corrected chi connectivity index (χ0v) is 20.0. The number of likely N-dealkylation sites (tertiary alicyclic amines) is 1. The summed E-state index contributed by atoms with van der Waals surface area (Å²) in [5, 5.41) is 0. The number of aromatic nitrogens is 1. The monoisotopic (exact) mass is 481 g/mol. The van der Waals surface area contributed by atoms with Crippen molar-refractivity contribution in [2.75, 3.05) is 24.7 Å². The predicted molar refractivity (Wildman–Crippen MR) is 121 cm³/mol. The summed E-state index contributed by atoms with van der Waals surface area (Å²) in [6.45, 7) is 4.43. The fourth-order valence-corrected chi connectivity index (χ4v) is 5.86. The Balaban J connectivity index is 1.76. The number of fused-ring (bicyclic) bond motifs is 1. The maximum Gasteiger partial charge on any atom is 0.338 e. The van der Waals surface area contributed by atoms with Crippen LogP contribution >= 0.6 is 11.3 Å². The smallest absolute Gasteiger partial charge is 0.338 e. The molecule has 1 unspecified atom stereocenters. The van der Waals surface area contributed by atoms with E-state index in [-0.39, 0.29) is 12.6 Å². The molecule has 0 aliphatic carbocycles. The van der Waals surface area contributed by atoms with Gasteiger partial charge in [0.05, 0.1) is 22.4 Å². The number of nitrogens with zero attached hydrogens (tertiary/aromatic N) is 3. The number of hydrogen-bond donors (Lipinski definition) is 0. The van der Waals surface area contributed by atoms with E-state index in [0.717, 1.165) is 36.1 Å². The molecule has 11 heteroatoms. The van der Waals surface area contributed by atoms with Gasteiger partial charge in [-0.2, -0.15) is 4.99 Å². The lowest BCUT2D eigenvalue weighted by Gasteiger charge is -2.33. The van der Waals surface area contributed by atoms with E-state index in [9.17, 15) is 22.8 Å². The summed E-state index contributed by atoms with van der Waals surface area (Å²) in [6, 6.07) is 4.99. The zero-order chi connectivity index (χ0) is 23.5. The SMILES string of the molecule is CCOC(=O)c1ccc2c(c1)sc(=NC(=O)CS(=O)(=O)CC(=O)N1CCCCC1C)n2C. The largest absolute Gasteiger partial charge is 0.462 e. The molecule has 1 saturated heterocycles. The van der Waals surface area contributed by atoms with E-state index in [4.69, 9.17) is 4.74 Å². The van der Waals surface area contributed by atoms with Crippen LogP contribution < -0.4 is 4.80 Å². The van der Waals surface area contributed by atoms with Crippen molar-refractivity contribution in [2.24, 2.45) is 12.0 Å². The van der Waals surface area contributed by atoms with Gasteiger partial charge in [0, 0.05) is 19.6 Å². The van der Waals surface area contributed by atoms with Gasteiger partial charge in [0.15, 0.2) is 14.6 Å². The second kappa shape index (κ2) is 9.95. The Labute approximate surface area is 190 Å². The van der Waals surface area contributed by atoms with Gasteiger partial charge in [0.2, 0.25) is 5.91 Å². The molecule has 0 N–H and O–H groups in total. The van der Waals surface area contributed by atoms with Gasteiger partial charge in [-0.1, -0.05) is 11.3 Å². The van der Waals surface area contributed by atoms with Crippen molar-refractivity contribution in [3.05, 3.63) is 28.6 Å². The molecule has 0 radical (unpaired) electrons. The van der Waals surface area contributed by atoms with Crippen molar-refractivity contribution in [3.8, 4) is 0 Å². The van der Waals surface area contributed by atoms with Crippen LogP contribution in [0, 0.1) is 0 Å². The second-order valence-electron chi connectivity index (χ2n) is 7.82. The maximum absolute atomic E-state index is 12.4. The summed E-state index contributed by atoms with van der Waals surface area (Å²) in [7, 11) is -2.24. The molecule has 1 aliphatic rings. The number of ether oxygens (including phenoxy) is 1. The van der Waals surface area contributed by atoms with Crippen LogP contribution in [0.4, 0.5) is 0 Å². The van der Waals surface area contributed by atoms with Gasteiger partial charge in [-0.05, 0) is 51.3 Å². The van der Waals surface area contributed by atoms with E-state index in [1.165, 1.54) is 0 Å². The highest BCUT2D eigenvalue weighted by molar-refractivity contribution is 7.92. The molecular weight excluding hydrogens is 454 g/mol. The number of amides is 2. The number of carbonyl (C=O) groups excluding carboxylic acids is 3. The van der Waals surface area contributed by atoms with Crippen LogP contribution in [0.25, 0.3) is 10.2 Å². The molecule has 1 aromatic heterocycles. The van der Waals surface area contributed by atoms with Crippen LogP contribution in [0.2, 0.25) is 0 Å². The lowest BCUT2D eigenvalue weighted by atomic mass is 10.0. The van der Waals surface area contributed by atoms with Gasteiger partial charge >= 0.3 is 5.97 Å². The van der Waals surface area contributed by atoms with Crippen LogP contribution in [0.3, 0.4) is 0 Å². The van der Waals surface area contributed by atoms with Gasteiger partial charge in [-0.25, -0.2) is 13.2 Å². The molecule has 2 heterocycles. The third kappa shape index (κ3) is 5.63. The Hall–Kier alpha value is -2.53. The zero-order valence-electron chi connectivity index (χ0n) is 18.4. The van der Waals surface area contributed by atoms with Crippen LogP contribution in [0.5, 0.6) is 0 Å². The molecule has 1 atom stereocenters. The number of thiazole rings is 1. The van der Waals surface area contributed by atoms with Crippen molar-refractivity contribution in [1.29, 1.82) is 0 Å². The fourth-order valence-electron chi connectivity index (χ4n) is 3.70. The quantitative estimate of drug-likeness (QED) is 0.580. The summed E-state index contributed by atoms with van der Waals surface area (Å²) < 4.78 is 32.3. The van der Waals surface area contributed by atoms with Gasteiger partial charge in [0.25, 0.3) is 5.91 Å². The van der Waals surface area contributed by atoms with E-state index in [1.54, 1.807) is 41.6 Å². The highest BCUT2D eigenvalue weighted by atomic mass is 32.2. The number of benzene rings is 1. The minimum Gasteiger partial charge on any atom is -0.462 e. The molecule has 174 valence electrons. The summed E-state index contributed by atoms with van der Waals surface area (Å²) in [5.41, 5.74) is 1.12. The first-order valence-electron chi connectivity index (χ1n) is 10.5. The Morgan fingerprint density at radius 3 is 2.66 bits per heavy atom. The molecular formula is C21H27N3O6S2. The molecule has 32 heavy (non-hydrogen) atoms. The van der Waals surface area contributed by atoms with Gasteiger partial charge in [0.1, 0.15) is 11.5 Å². The molecule has 1 aromatic carbocycles. The number of rotatable bonds is 6. The van der Waals surface area contributed by atoms with Crippen molar-refractivity contribution in [3.63, 3.8) is 0 Å². The molecule has 3 rings (SSSR count). The van der Waals surface area contributed by atoms with E-state index in [2.05, 4.69) is 4.99 Å². The first kappa shape index (κ1) is 24.1. The topological polar surface area (TPSA) is 115 Å². The molecule has 2 amide bonds. The summed E-state index contributed by atoms with van der Waals surface area (Å²) >= 11 is 1.16. The number of aryl methyl sites for hydroxylation is 1. The van der Waals surface area contributed by atoms with Crippen molar-refractivity contribution in [2.45, 2.75) is 39.2 Å². The fraction of sp³-hybridized carbons (Fsp3) is 0.524. The summed E-state index contributed by atoms with van der Waals surface area (Å²) in [4.78, 5) is 42.6. The Morgan fingerprint density at radius 1 is 1.22 bits per heavy atom. The average molecular weight is 482 g/mol. The van der Waals surface area contributed by atoms with Crippen molar-refractivity contribution < 1.29 is 27.5 Å². The number of carbonyl (C=O) groups is 3. The summed E-state index contributed by atoms with van der Waals surface area (Å²) in [6.07, 6.45) is 2.72. The third-order valence-electron chi connectivity index (χ3n) is 5.35. The molecule has 1 fully saturated rings. The molecule has 2 aromatic rings. The lowest BCUT2D eigenvalue weighted by molar-refractivity contribution is -0.131. The number of piperidine rings is 1. The van der Waals surface area contributed by atoms with Gasteiger partial charge in [-0.3, -0.25) is 9.59 Å². The maximum atomic E-state index is 12.4. The predicted octanol–water partition coefficient (Wildman–Crippen LogP) is 1.66. The normalized spacial score (nSPS) is 17.5. The van der Waals surface area contributed by atoms with E-state index in [1.807, 2.05) is 6.92 Å². The summed E-state index contributed by atoms with van der Waals surface area (Å²) in [5.74, 6) is -3.27. The molecule has 0 bridgehead atoms. The Morgan fingerprint density at radius 2 is 1.97 bits per heavy atom. The number of sulfone groups is 1. The molecule has 0 saturated carbocycles. The minimum absolute atomic E-state index is 0.00364. The minimum atomic E-state index is -3.94. The standard InChI is InChI=1S/C21H27N3O6S2/c1-4-30-20(27)15-8-9-16-17(11-15)31-21(23(16)3)22-18(25)12-32(28,29)13-19(26)24-10-6-5-7-14(24)2/h8-9,11,14H,4-7,10,12-13H2,1-3H3. The third-order valence-corrected chi connectivity index (χ3v) is 7.82. The first-order chi connectivity index (χ1) is 15.1. The van der Waals surface area contributed by atoms with Crippen molar-refractivity contribution >= 4 is 49.2 Å². The highest BCUT2D eigenvalue weighted by Crippen LogP contribution is 2.19. The van der Waals surface area contributed by atoms with Crippen LogP contribution in [-0.4, -0.2) is 66.4 Å². The Bertz CT molecular complexity index is 1210. The second-order valence-corrected chi connectivity index (χ2v) is 10.9. The Kier molecular flexibility index (Phi) is 7.50. The van der Waals surface area contributed by atoms with E-state index < -0.39 is 39.1 Å². The lowest BCUT2D eigenvalue weighted by Crippen LogP contribution is -2.45. The number of hydrogen-bond acceptors (Lipinski definition) is 7. The van der Waals surface area contributed by atoms with Gasteiger partial charge < -0.3 is 14.2 Å². The molecule has 1 aliphatic heterocycles. The number of esters is 1. The van der Waals surface area contributed by atoms with Crippen LogP contribution in [0.15, 0.2) is 23.2 Å². The molecule has 0 spiro atoms. The molecule has 9 nitrogen and oxygen atoms in total. The van der Waals surface area contributed by atoms with Crippen LogP contribution in [-0.2, 0) is 31.2 Å². The highest BCUT2D eigenvalue weighted by Gasteiger charge is 2.28.